The summed E-state index contributed by atoms with van der Waals surface area (Å²) in [5.41, 5.74) is 0. The summed E-state index contributed by atoms with van der Waals surface area (Å²) in [6.07, 6.45) is -7.11. The Labute approximate surface area is 189 Å². The number of rotatable bonds is 6. The lowest BCUT2D eigenvalue weighted by molar-refractivity contribution is -0.282. The van der Waals surface area contributed by atoms with Crippen LogP contribution in [0.3, 0.4) is 0 Å². The van der Waals surface area contributed by atoms with Crippen LogP contribution < -0.4 is 4.74 Å². The summed E-state index contributed by atoms with van der Waals surface area (Å²) < 4.78 is 32.3. The standard InChI is InChI=1S/C23H24O10/c1-12(24)29-18-19(30-13(2)25)21(31-14(3)26)23(33-20(18)22(27)28-4)32-17-10-9-15-7-5-6-8-16(15)11-17/h5-11,18-21,23H,1-4H3/t18-,19-,20-,21+,23+/m0/s1. The molecule has 1 aliphatic heterocycles. The third-order valence-corrected chi connectivity index (χ3v) is 4.81. The molecule has 176 valence electrons. The second kappa shape index (κ2) is 10.3. The maximum absolute atomic E-state index is 12.4. The van der Waals surface area contributed by atoms with E-state index in [4.69, 9.17) is 28.4 Å². The average molecular weight is 460 g/mol. The van der Waals surface area contributed by atoms with Gasteiger partial charge in [0.2, 0.25) is 12.4 Å². The fourth-order valence-corrected chi connectivity index (χ4v) is 3.55. The van der Waals surface area contributed by atoms with E-state index in [0.717, 1.165) is 38.7 Å². The van der Waals surface area contributed by atoms with E-state index in [1.807, 2.05) is 30.3 Å². The Morgan fingerprint density at radius 3 is 1.94 bits per heavy atom. The van der Waals surface area contributed by atoms with E-state index in [2.05, 4.69) is 0 Å². The van der Waals surface area contributed by atoms with E-state index in [1.54, 1.807) is 12.1 Å². The summed E-state index contributed by atoms with van der Waals surface area (Å²) in [7, 11) is 1.12. The van der Waals surface area contributed by atoms with Crippen LogP contribution in [0.1, 0.15) is 20.8 Å². The summed E-state index contributed by atoms with van der Waals surface area (Å²) in [5, 5.41) is 1.83. The fraction of sp³-hybridized carbons (Fsp3) is 0.391. The molecule has 2 aromatic carbocycles. The highest BCUT2D eigenvalue weighted by molar-refractivity contribution is 5.83. The van der Waals surface area contributed by atoms with Crippen molar-refractivity contribution in [1.29, 1.82) is 0 Å². The monoisotopic (exact) mass is 460 g/mol. The van der Waals surface area contributed by atoms with Crippen molar-refractivity contribution in [2.24, 2.45) is 0 Å². The first-order valence-corrected chi connectivity index (χ1v) is 10.1. The van der Waals surface area contributed by atoms with Crippen molar-refractivity contribution in [3.8, 4) is 5.75 Å². The van der Waals surface area contributed by atoms with E-state index in [-0.39, 0.29) is 0 Å². The number of esters is 4. The van der Waals surface area contributed by atoms with Crippen LogP contribution >= 0.6 is 0 Å². The summed E-state index contributed by atoms with van der Waals surface area (Å²) in [4.78, 5) is 47.8. The summed E-state index contributed by atoms with van der Waals surface area (Å²) >= 11 is 0. The molecule has 0 aromatic heterocycles. The van der Waals surface area contributed by atoms with Crippen LogP contribution in [0, 0.1) is 0 Å². The Morgan fingerprint density at radius 1 is 0.758 bits per heavy atom. The molecule has 0 aliphatic carbocycles. The van der Waals surface area contributed by atoms with Crippen molar-refractivity contribution in [2.45, 2.75) is 51.5 Å². The van der Waals surface area contributed by atoms with Gasteiger partial charge in [0.25, 0.3) is 0 Å². The zero-order valence-electron chi connectivity index (χ0n) is 18.5. The number of fused-ring (bicyclic) bond motifs is 1. The van der Waals surface area contributed by atoms with Crippen molar-refractivity contribution in [3.63, 3.8) is 0 Å². The van der Waals surface area contributed by atoms with E-state index >= 15 is 0 Å². The van der Waals surface area contributed by atoms with Crippen LogP contribution in [0.4, 0.5) is 0 Å². The first-order chi connectivity index (χ1) is 15.7. The molecule has 1 fully saturated rings. The predicted molar refractivity (Wildman–Crippen MR) is 112 cm³/mol. The third-order valence-electron chi connectivity index (χ3n) is 4.81. The van der Waals surface area contributed by atoms with Gasteiger partial charge in [0.05, 0.1) is 7.11 Å². The van der Waals surface area contributed by atoms with Crippen molar-refractivity contribution in [2.75, 3.05) is 7.11 Å². The van der Waals surface area contributed by atoms with Crippen molar-refractivity contribution in [3.05, 3.63) is 42.5 Å². The van der Waals surface area contributed by atoms with Crippen molar-refractivity contribution >= 4 is 34.6 Å². The van der Waals surface area contributed by atoms with Gasteiger partial charge in [-0.25, -0.2) is 4.79 Å². The van der Waals surface area contributed by atoms with Gasteiger partial charge in [0, 0.05) is 20.8 Å². The SMILES string of the molecule is COC(=O)[C@H]1O[C@@H](Oc2ccc3ccccc3c2)[C@H](OC(C)=O)[C@@H](OC(C)=O)[C@@H]1OC(C)=O. The van der Waals surface area contributed by atoms with Gasteiger partial charge in [0.1, 0.15) is 5.75 Å². The normalized spacial score (nSPS) is 24.4. The summed E-state index contributed by atoms with van der Waals surface area (Å²) in [5.74, 6) is -2.82. The molecule has 0 amide bonds. The maximum Gasteiger partial charge on any atom is 0.339 e. The lowest BCUT2D eigenvalue weighted by Gasteiger charge is -2.43. The summed E-state index contributed by atoms with van der Waals surface area (Å²) in [6.45, 7) is 3.38. The number of benzene rings is 2. The number of hydrogen-bond acceptors (Lipinski definition) is 10. The Bertz CT molecular complexity index is 1050. The van der Waals surface area contributed by atoms with Gasteiger partial charge in [-0.15, -0.1) is 0 Å². The predicted octanol–water partition coefficient (Wildman–Crippen LogP) is 1.91. The molecule has 0 saturated carbocycles. The quantitative estimate of drug-likeness (QED) is 0.466. The van der Waals surface area contributed by atoms with Crippen LogP contribution in [0.5, 0.6) is 5.75 Å². The van der Waals surface area contributed by atoms with Crippen LogP contribution in [0.15, 0.2) is 42.5 Å². The minimum Gasteiger partial charge on any atom is -0.467 e. The molecule has 10 nitrogen and oxygen atoms in total. The largest absolute Gasteiger partial charge is 0.467 e. The van der Waals surface area contributed by atoms with Gasteiger partial charge < -0.3 is 28.4 Å². The molecule has 0 radical (unpaired) electrons. The number of carbonyl (C=O) groups is 4. The Kier molecular flexibility index (Phi) is 7.49. The molecule has 0 unspecified atom stereocenters. The van der Waals surface area contributed by atoms with Gasteiger partial charge in [-0.3, -0.25) is 14.4 Å². The topological polar surface area (TPSA) is 124 Å². The minimum atomic E-state index is -1.51. The third kappa shape index (κ3) is 5.78. The molecule has 0 N–H and O–H groups in total. The summed E-state index contributed by atoms with van der Waals surface area (Å²) in [6, 6.07) is 12.8. The second-order valence-electron chi connectivity index (χ2n) is 7.30. The average Bonchev–Trinajstić information content (AvgIpc) is 2.76. The van der Waals surface area contributed by atoms with E-state index in [9.17, 15) is 19.2 Å². The molecule has 1 saturated heterocycles. The van der Waals surface area contributed by atoms with Crippen molar-refractivity contribution in [1.82, 2.24) is 0 Å². The Hall–Kier alpha value is -3.66. The van der Waals surface area contributed by atoms with Gasteiger partial charge in [-0.05, 0) is 22.9 Å². The zero-order chi connectivity index (χ0) is 24.1. The molecule has 1 aliphatic rings. The van der Waals surface area contributed by atoms with Crippen LogP contribution in [0.25, 0.3) is 10.8 Å². The van der Waals surface area contributed by atoms with Gasteiger partial charge >= 0.3 is 23.9 Å². The Balaban J connectivity index is 2.02. The molecule has 10 heteroatoms. The number of carbonyl (C=O) groups excluding carboxylic acids is 4. The molecule has 5 atom stereocenters. The van der Waals surface area contributed by atoms with Crippen LogP contribution in [-0.2, 0) is 42.9 Å². The first kappa shape index (κ1) is 24.0. The van der Waals surface area contributed by atoms with Crippen LogP contribution in [0.2, 0.25) is 0 Å². The highest BCUT2D eigenvalue weighted by Gasteiger charge is 2.55. The number of methoxy groups -OCH3 is 1. The minimum absolute atomic E-state index is 0.340. The van der Waals surface area contributed by atoms with E-state index in [0.29, 0.717) is 5.75 Å². The molecule has 1 heterocycles. The lowest BCUT2D eigenvalue weighted by Crippen LogP contribution is -2.64. The smallest absolute Gasteiger partial charge is 0.339 e. The second-order valence-corrected chi connectivity index (χ2v) is 7.30. The molecule has 3 rings (SSSR count). The van der Waals surface area contributed by atoms with Gasteiger partial charge in [-0.2, -0.15) is 0 Å². The highest BCUT2D eigenvalue weighted by atomic mass is 16.7. The number of hydrogen-bond donors (Lipinski definition) is 0. The van der Waals surface area contributed by atoms with E-state index in [1.165, 1.54) is 0 Å². The lowest BCUT2D eigenvalue weighted by atomic mass is 9.97. The zero-order valence-corrected chi connectivity index (χ0v) is 18.5. The van der Waals surface area contributed by atoms with E-state index < -0.39 is 54.6 Å². The molecule has 0 spiro atoms. The molecule has 2 aromatic rings. The molecule has 0 bridgehead atoms. The molecular weight excluding hydrogens is 436 g/mol. The molecule has 33 heavy (non-hydrogen) atoms. The fourth-order valence-electron chi connectivity index (χ4n) is 3.55. The first-order valence-electron chi connectivity index (χ1n) is 10.1. The van der Waals surface area contributed by atoms with Gasteiger partial charge in [-0.1, -0.05) is 30.3 Å². The maximum atomic E-state index is 12.4. The molecular formula is C23H24O10. The van der Waals surface area contributed by atoms with Crippen LogP contribution in [-0.4, -0.2) is 61.7 Å². The van der Waals surface area contributed by atoms with Gasteiger partial charge in [0.15, 0.2) is 18.3 Å². The van der Waals surface area contributed by atoms with Crippen molar-refractivity contribution < 1.29 is 47.6 Å². The number of ether oxygens (including phenoxy) is 6. The highest BCUT2D eigenvalue weighted by Crippen LogP contribution is 2.32. The Morgan fingerprint density at radius 2 is 1.33 bits per heavy atom.